The molecule has 0 spiro atoms. The van der Waals surface area contributed by atoms with Gasteiger partial charge >= 0.3 is 0 Å². The molecule has 0 bridgehead atoms. The summed E-state index contributed by atoms with van der Waals surface area (Å²) in [7, 11) is 0. The fourth-order valence-corrected chi connectivity index (χ4v) is 2.24. The molecule has 7 heteroatoms. The van der Waals surface area contributed by atoms with Gasteiger partial charge in [0.25, 0.3) is 0 Å². The van der Waals surface area contributed by atoms with E-state index in [9.17, 15) is 4.79 Å². The number of rotatable bonds is 3. The van der Waals surface area contributed by atoms with Gasteiger partial charge in [0.05, 0.1) is 17.8 Å². The van der Waals surface area contributed by atoms with E-state index in [1.165, 1.54) is 6.33 Å². The van der Waals surface area contributed by atoms with Gasteiger partial charge in [-0.1, -0.05) is 0 Å². The first-order valence-corrected chi connectivity index (χ1v) is 6.65. The Bertz CT molecular complexity index is 559. The number of hydrogen-bond acceptors (Lipinski definition) is 5. The SMILES string of the molecule is O=C(Nc1ccc(-n2cncn2)nc1)[C@H]1CCCNC1. The minimum atomic E-state index is 0.0405. The van der Waals surface area contributed by atoms with E-state index in [1.54, 1.807) is 23.3 Å². The van der Waals surface area contributed by atoms with Crippen LogP contribution in [0.15, 0.2) is 31.0 Å². The Kier molecular flexibility index (Phi) is 3.69. The normalized spacial score (nSPS) is 18.7. The summed E-state index contributed by atoms with van der Waals surface area (Å²) in [5.74, 6) is 0.756. The highest BCUT2D eigenvalue weighted by Gasteiger charge is 2.20. The van der Waals surface area contributed by atoms with Crippen molar-refractivity contribution >= 4 is 11.6 Å². The second-order valence-electron chi connectivity index (χ2n) is 4.78. The number of amides is 1. The van der Waals surface area contributed by atoms with Gasteiger partial charge in [0.15, 0.2) is 5.82 Å². The standard InChI is InChI=1S/C13H16N6O/c20-13(10-2-1-5-14-6-10)18-11-3-4-12(16-7-11)19-9-15-8-17-19/h3-4,7-10,14H,1-2,5-6H2,(H,18,20)/t10-/m0/s1. The lowest BCUT2D eigenvalue weighted by Gasteiger charge is -2.21. The van der Waals surface area contributed by atoms with Gasteiger partial charge in [-0.05, 0) is 31.5 Å². The lowest BCUT2D eigenvalue weighted by Crippen LogP contribution is -2.37. The number of hydrogen-bond donors (Lipinski definition) is 2. The van der Waals surface area contributed by atoms with Crippen molar-refractivity contribution in [1.82, 2.24) is 25.1 Å². The number of anilines is 1. The van der Waals surface area contributed by atoms with Gasteiger partial charge < -0.3 is 10.6 Å². The van der Waals surface area contributed by atoms with E-state index >= 15 is 0 Å². The quantitative estimate of drug-likeness (QED) is 0.854. The molecule has 3 rings (SSSR count). The average molecular weight is 272 g/mol. The van der Waals surface area contributed by atoms with Crippen LogP contribution in [0.25, 0.3) is 5.82 Å². The van der Waals surface area contributed by atoms with Gasteiger partial charge in [0.1, 0.15) is 12.7 Å². The third-order valence-corrected chi connectivity index (χ3v) is 3.34. The molecule has 0 aliphatic carbocycles. The van der Waals surface area contributed by atoms with Crippen LogP contribution in [0, 0.1) is 5.92 Å². The fourth-order valence-electron chi connectivity index (χ4n) is 2.24. The Morgan fingerprint density at radius 1 is 1.45 bits per heavy atom. The smallest absolute Gasteiger partial charge is 0.228 e. The highest BCUT2D eigenvalue weighted by atomic mass is 16.1. The minimum absolute atomic E-state index is 0.0405. The Balaban J connectivity index is 1.64. The van der Waals surface area contributed by atoms with E-state index in [0.717, 1.165) is 25.9 Å². The zero-order valence-corrected chi connectivity index (χ0v) is 11.0. The molecule has 7 nitrogen and oxygen atoms in total. The molecule has 1 amide bonds. The lowest BCUT2D eigenvalue weighted by atomic mass is 9.99. The fraction of sp³-hybridized carbons (Fsp3) is 0.385. The van der Waals surface area contributed by atoms with Crippen molar-refractivity contribution in [3.05, 3.63) is 31.0 Å². The third-order valence-electron chi connectivity index (χ3n) is 3.34. The third kappa shape index (κ3) is 2.83. The van der Waals surface area contributed by atoms with Crippen molar-refractivity contribution in [2.24, 2.45) is 5.92 Å². The van der Waals surface area contributed by atoms with Crippen molar-refractivity contribution in [2.75, 3.05) is 18.4 Å². The Labute approximate surface area is 116 Å². The average Bonchev–Trinajstić information content (AvgIpc) is 3.03. The molecule has 2 aromatic heterocycles. The van der Waals surface area contributed by atoms with Crippen LogP contribution in [-0.2, 0) is 4.79 Å². The molecule has 104 valence electrons. The van der Waals surface area contributed by atoms with Crippen molar-refractivity contribution in [1.29, 1.82) is 0 Å². The zero-order chi connectivity index (χ0) is 13.8. The molecule has 1 atom stereocenters. The van der Waals surface area contributed by atoms with Gasteiger partial charge in [-0.15, -0.1) is 0 Å². The lowest BCUT2D eigenvalue weighted by molar-refractivity contribution is -0.120. The van der Waals surface area contributed by atoms with Gasteiger partial charge in [-0.3, -0.25) is 4.79 Å². The second kappa shape index (κ2) is 5.79. The molecule has 20 heavy (non-hydrogen) atoms. The van der Waals surface area contributed by atoms with Crippen molar-refractivity contribution < 1.29 is 4.79 Å². The number of carbonyl (C=O) groups is 1. The van der Waals surface area contributed by atoms with Crippen LogP contribution in [0.2, 0.25) is 0 Å². The predicted molar refractivity (Wildman–Crippen MR) is 73.4 cm³/mol. The summed E-state index contributed by atoms with van der Waals surface area (Å²) in [5, 5.41) is 10.1. The molecular formula is C13H16N6O. The number of pyridine rings is 1. The van der Waals surface area contributed by atoms with Crippen LogP contribution in [0.4, 0.5) is 5.69 Å². The van der Waals surface area contributed by atoms with Crippen LogP contribution < -0.4 is 10.6 Å². The van der Waals surface area contributed by atoms with Crippen molar-refractivity contribution in [3.63, 3.8) is 0 Å². The van der Waals surface area contributed by atoms with E-state index in [4.69, 9.17) is 0 Å². The Morgan fingerprint density at radius 2 is 2.40 bits per heavy atom. The molecule has 2 aromatic rings. The topological polar surface area (TPSA) is 84.7 Å². The second-order valence-corrected chi connectivity index (χ2v) is 4.78. The number of carbonyl (C=O) groups excluding carboxylic acids is 1. The Hall–Kier alpha value is -2.28. The van der Waals surface area contributed by atoms with Gasteiger partial charge in [0.2, 0.25) is 5.91 Å². The molecule has 3 heterocycles. The summed E-state index contributed by atoms with van der Waals surface area (Å²) >= 11 is 0. The summed E-state index contributed by atoms with van der Waals surface area (Å²) in [4.78, 5) is 20.2. The maximum atomic E-state index is 12.1. The van der Waals surface area contributed by atoms with Gasteiger partial charge in [-0.25, -0.2) is 14.6 Å². The maximum absolute atomic E-state index is 12.1. The molecule has 0 saturated carbocycles. The van der Waals surface area contributed by atoms with Crippen LogP contribution in [-0.4, -0.2) is 38.7 Å². The summed E-state index contributed by atoms with van der Waals surface area (Å²) in [6, 6.07) is 3.61. The van der Waals surface area contributed by atoms with E-state index in [-0.39, 0.29) is 11.8 Å². The number of nitrogens with one attached hydrogen (secondary N) is 2. The van der Waals surface area contributed by atoms with E-state index in [1.807, 2.05) is 6.07 Å². The molecule has 0 unspecified atom stereocenters. The van der Waals surface area contributed by atoms with E-state index in [0.29, 0.717) is 11.5 Å². The number of aromatic nitrogens is 4. The van der Waals surface area contributed by atoms with E-state index < -0.39 is 0 Å². The first kappa shape index (κ1) is 12.7. The van der Waals surface area contributed by atoms with Gasteiger partial charge in [0, 0.05) is 6.54 Å². The summed E-state index contributed by atoms with van der Waals surface area (Å²) in [6.07, 6.45) is 6.64. The molecular weight excluding hydrogens is 256 g/mol. The molecule has 1 aliphatic heterocycles. The first-order chi connectivity index (χ1) is 9.83. The predicted octanol–water partition coefficient (Wildman–Crippen LogP) is 0.600. The first-order valence-electron chi connectivity index (χ1n) is 6.65. The number of piperidine rings is 1. The van der Waals surface area contributed by atoms with Gasteiger partial charge in [-0.2, -0.15) is 5.10 Å². The largest absolute Gasteiger partial charge is 0.324 e. The molecule has 0 aromatic carbocycles. The molecule has 1 aliphatic rings. The highest BCUT2D eigenvalue weighted by Crippen LogP contribution is 2.14. The summed E-state index contributed by atoms with van der Waals surface area (Å²) in [5.41, 5.74) is 0.699. The van der Waals surface area contributed by atoms with Crippen LogP contribution in [0.1, 0.15) is 12.8 Å². The molecule has 0 radical (unpaired) electrons. The van der Waals surface area contributed by atoms with E-state index in [2.05, 4.69) is 25.7 Å². The monoisotopic (exact) mass is 272 g/mol. The molecule has 1 fully saturated rings. The minimum Gasteiger partial charge on any atom is -0.324 e. The zero-order valence-electron chi connectivity index (χ0n) is 11.0. The van der Waals surface area contributed by atoms with Crippen molar-refractivity contribution in [3.8, 4) is 5.82 Å². The maximum Gasteiger partial charge on any atom is 0.228 e. The number of nitrogens with zero attached hydrogens (tertiary/aromatic N) is 4. The summed E-state index contributed by atoms with van der Waals surface area (Å²) < 4.78 is 1.57. The molecule has 2 N–H and O–H groups in total. The van der Waals surface area contributed by atoms with Crippen molar-refractivity contribution in [2.45, 2.75) is 12.8 Å². The highest BCUT2D eigenvalue weighted by molar-refractivity contribution is 5.92. The Morgan fingerprint density at radius 3 is 3.05 bits per heavy atom. The summed E-state index contributed by atoms with van der Waals surface area (Å²) in [6.45, 7) is 1.74. The molecule has 1 saturated heterocycles. The van der Waals surface area contributed by atoms with Crippen LogP contribution in [0.5, 0.6) is 0 Å². The van der Waals surface area contributed by atoms with Crippen LogP contribution >= 0.6 is 0 Å². The van der Waals surface area contributed by atoms with Crippen LogP contribution in [0.3, 0.4) is 0 Å².